The molecule has 0 aliphatic rings. The van der Waals surface area contributed by atoms with Crippen molar-refractivity contribution < 1.29 is 4.74 Å². The van der Waals surface area contributed by atoms with Crippen molar-refractivity contribution in [2.24, 2.45) is 11.7 Å². The van der Waals surface area contributed by atoms with Crippen molar-refractivity contribution >= 4 is 15.9 Å². The molecular formula is C12H22BrN3O. The Labute approximate surface area is 112 Å². The Morgan fingerprint density at radius 3 is 2.59 bits per heavy atom. The highest BCUT2D eigenvalue weighted by molar-refractivity contribution is 9.10. The molecule has 0 saturated carbocycles. The zero-order chi connectivity index (χ0) is 13.0. The lowest BCUT2D eigenvalue weighted by molar-refractivity contribution is 0.0102. The third-order valence-corrected chi connectivity index (χ3v) is 3.43. The molecule has 2 N–H and O–H groups in total. The summed E-state index contributed by atoms with van der Waals surface area (Å²) in [7, 11) is 0. The summed E-state index contributed by atoms with van der Waals surface area (Å²) in [5.41, 5.74) is 7.35. The van der Waals surface area contributed by atoms with E-state index in [1.54, 1.807) is 6.20 Å². The van der Waals surface area contributed by atoms with Crippen molar-refractivity contribution in [2.45, 2.75) is 46.4 Å². The highest BCUT2D eigenvalue weighted by Crippen LogP contribution is 2.28. The van der Waals surface area contributed by atoms with Gasteiger partial charge in [0.15, 0.2) is 0 Å². The molecule has 98 valence electrons. The van der Waals surface area contributed by atoms with Crippen LogP contribution in [0.1, 0.15) is 39.4 Å². The van der Waals surface area contributed by atoms with Crippen LogP contribution in [-0.4, -0.2) is 22.5 Å². The molecule has 2 unspecified atom stereocenters. The highest BCUT2D eigenvalue weighted by atomic mass is 79.9. The van der Waals surface area contributed by atoms with Crippen molar-refractivity contribution in [3.05, 3.63) is 16.4 Å². The summed E-state index contributed by atoms with van der Waals surface area (Å²) in [4.78, 5) is 0. The summed E-state index contributed by atoms with van der Waals surface area (Å²) < 4.78 is 8.63. The fraction of sp³-hybridized carbons (Fsp3) is 0.750. The van der Waals surface area contributed by atoms with Gasteiger partial charge in [-0.3, -0.25) is 4.68 Å². The molecule has 1 rings (SSSR count). The van der Waals surface area contributed by atoms with Gasteiger partial charge < -0.3 is 10.5 Å². The van der Waals surface area contributed by atoms with Gasteiger partial charge >= 0.3 is 0 Å². The molecule has 0 fully saturated rings. The van der Waals surface area contributed by atoms with E-state index in [0.717, 1.165) is 16.7 Å². The largest absolute Gasteiger partial charge is 0.376 e. The first-order chi connectivity index (χ1) is 8.02. The zero-order valence-electron chi connectivity index (χ0n) is 11.0. The second kappa shape index (κ2) is 6.52. The number of aryl methyl sites for hydroxylation is 1. The third kappa shape index (κ3) is 3.30. The number of ether oxygens (including phenoxy) is 1. The van der Waals surface area contributed by atoms with Gasteiger partial charge in [0.25, 0.3) is 0 Å². The van der Waals surface area contributed by atoms with E-state index in [1.807, 2.05) is 11.6 Å². The SMILES string of the molecule is CCOC(C(C)C)C(N)c1c(Br)cnn1CC. The number of nitrogens with zero attached hydrogens (tertiary/aromatic N) is 2. The van der Waals surface area contributed by atoms with Crippen LogP contribution in [0.2, 0.25) is 0 Å². The summed E-state index contributed by atoms with van der Waals surface area (Å²) in [5, 5.41) is 4.29. The van der Waals surface area contributed by atoms with E-state index in [9.17, 15) is 0 Å². The summed E-state index contributed by atoms with van der Waals surface area (Å²) in [6, 6.07) is -0.160. The first-order valence-electron chi connectivity index (χ1n) is 6.11. The maximum Gasteiger partial charge on any atom is 0.0805 e. The van der Waals surface area contributed by atoms with Gasteiger partial charge in [-0.15, -0.1) is 0 Å². The van der Waals surface area contributed by atoms with Crippen molar-refractivity contribution in [3.8, 4) is 0 Å². The molecular weight excluding hydrogens is 282 g/mol. The lowest BCUT2D eigenvalue weighted by atomic mass is 9.97. The van der Waals surface area contributed by atoms with Crippen molar-refractivity contribution in [1.82, 2.24) is 9.78 Å². The lowest BCUT2D eigenvalue weighted by Crippen LogP contribution is -2.35. The third-order valence-electron chi connectivity index (χ3n) is 2.82. The summed E-state index contributed by atoms with van der Waals surface area (Å²) in [5.74, 6) is 0.372. The van der Waals surface area contributed by atoms with Gasteiger partial charge in [-0.05, 0) is 35.7 Å². The number of nitrogens with two attached hydrogens (primary N) is 1. The molecule has 0 spiro atoms. The average molecular weight is 304 g/mol. The number of hydrogen-bond donors (Lipinski definition) is 1. The molecule has 0 radical (unpaired) electrons. The molecule has 0 aromatic carbocycles. The zero-order valence-corrected chi connectivity index (χ0v) is 12.6. The maximum atomic E-state index is 6.33. The van der Waals surface area contributed by atoms with Crippen LogP contribution in [-0.2, 0) is 11.3 Å². The predicted octanol–water partition coefficient (Wildman–Crippen LogP) is 2.73. The van der Waals surface area contributed by atoms with Gasteiger partial charge in [-0.2, -0.15) is 5.10 Å². The number of hydrogen-bond acceptors (Lipinski definition) is 3. The Hall–Kier alpha value is -0.390. The first kappa shape index (κ1) is 14.7. The fourth-order valence-corrected chi connectivity index (χ4v) is 2.57. The van der Waals surface area contributed by atoms with E-state index in [1.165, 1.54) is 0 Å². The van der Waals surface area contributed by atoms with Crippen LogP contribution < -0.4 is 5.73 Å². The Bertz CT molecular complexity index is 352. The molecule has 1 aromatic heterocycles. The lowest BCUT2D eigenvalue weighted by Gasteiger charge is -2.27. The van der Waals surface area contributed by atoms with E-state index in [0.29, 0.717) is 12.5 Å². The van der Waals surface area contributed by atoms with E-state index in [4.69, 9.17) is 10.5 Å². The van der Waals surface area contributed by atoms with Crippen LogP contribution in [0.5, 0.6) is 0 Å². The van der Waals surface area contributed by atoms with E-state index in [-0.39, 0.29) is 12.1 Å². The normalized spacial score (nSPS) is 15.2. The van der Waals surface area contributed by atoms with Crippen LogP contribution in [0, 0.1) is 5.92 Å². The fourth-order valence-electron chi connectivity index (χ4n) is 2.01. The molecule has 5 heteroatoms. The molecule has 4 nitrogen and oxygen atoms in total. The molecule has 0 bridgehead atoms. The Morgan fingerprint density at radius 2 is 2.12 bits per heavy atom. The quantitative estimate of drug-likeness (QED) is 0.879. The molecule has 2 atom stereocenters. The smallest absolute Gasteiger partial charge is 0.0805 e. The second-order valence-corrected chi connectivity index (χ2v) is 5.24. The van der Waals surface area contributed by atoms with Crippen LogP contribution in [0.15, 0.2) is 10.7 Å². The van der Waals surface area contributed by atoms with Gasteiger partial charge in [-0.1, -0.05) is 13.8 Å². The monoisotopic (exact) mass is 303 g/mol. The van der Waals surface area contributed by atoms with E-state index in [2.05, 4.69) is 41.8 Å². The Morgan fingerprint density at radius 1 is 1.47 bits per heavy atom. The van der Waals surface area contributed by atoms with E-state index >= 15 is 0 Å². The topological polar surface area (TPSA) is 53.1 Å². The molecule has 0 amide bonds. The summed E-state index contributed by atoms with van der Waals surface area (Å²) in [6.45, 7) is 9.79. The number of halogens is 1. The standard InChI is InChI=1S/C12H22BrN3O/c1-5-16-11(9(13)7-15-16)10(14)12(8(3)4)17-6-2/h7-8,10,12H,5-6,14H2,1-4H3. The molecule has 17 heavy (non-hydrogen) atoms. The second-order valence-electron chi connectivity index (χ2n) is 4.38. The minimum atomic E-state index is -0.160. The Balaban J connectivity index is 2.99. The van der Waals surface area contributed by atoms with Crippen molar-refractivity contribution in [3.63, 3.8) is 0 Å². The van der Waals surface area contributed by atoms with Crippen LogP contribution in [0.3, 0.4) is 0 Å². The van der Waals surface area contributed by atoms with Crippen molar-refractivity contribution in [1.29, 1.82) is 0 Å². The summed E-state index contributed by atoms with van der Waals surface area (Å²) >= 11 is 3.51. The van der Waals surface area contributed by atoms with Crippen LogP contribution in [0.25, 0.3) is 0 Å². The number of rotatable bonds is 6. The predicted molar refractivity (Wildman–Crippen MR) is 72.8 cm³/mol. The van der Waals surface area contributed by atoms with Gasteiger partial charge in [0.05, 0.1) is 28.5 Å². The molecule has 0 aliphatic heterocycles. The minimum absolute atomic E-state index is 0.0123. The van der Waals surface area contributed by atoms with Gasteiger partial charge in [-0.25, -0.2) is 0 Å². The molecule has 1 aromatic rings. The summed E-state index contributed by atoms with van der Waals surface area (Å²) in [6.07, 6.45) is 1.81. The van der Waals surface area contributed by atoms with Crippen molar-refractivity contribution in [2.75, 3.05) is 6.61 Å². The minimum Gasteiger partial charge on any atom is -0.376 e. The molecule has 0 saturated heterocycles. The number of aromatic nitrogens is 2. The molecule has 0 aliphatic carbocycles. The molecule has 1 heterocycles. The van der Waals surface area contributed by atoms with Gasteiger partial charge in [0.1, 0.15) is 0 Å². The first-order valence-corrected chi connectivity index (χ1v) is 6.90. The van der Waals surface area contributed by atoms with Gasteiger partial charge in [0, 0.05) is 13.2 Å². The van der Waals surface area contributed by atoms with Gasteiger partial charge in [0.2, 0.25) is 0 Å². The Kier molecular flexibility index (Phi) is 5.62. The maximum absolute atomic E-state index is 6.33. The van der Waals surface area contributed by atoms with Crippen LogP contribution >= 0.6 is 15.9 Å². The van der Waals surface area contributed by atoms with E-state index < -0.39 is 0 Å². The average Bonchev–Trinajstić information content (AvgIpc) is 2.66. The van der Waals surface area contributed by atoms with Crippen LogP contribution in [0.4, 0.5) is 0 Å². The highest BCUT2D eigenvalue weighted by Gasteiger charge is 2.27.